The topological polar surface area (TPSA) is 63.0 Å². The highest BCUT2D eigenvalue weighted by Gasteiger charge is 2.09. The summed E-state index contributed by atoms with van der Waals surface area (Å²) in [5, 5.41) is 6.05. The Kier molecular flexibility index (Phi) is 3.59. The van der Waals surface area contributed by atoms with E-state index in [1.165, 1.54) is 17.2 Å². The van der Waals surface area contributed by atoms with Gasteiger partial charge in [0.05, 0.1) is 11.2 Å². The van der Waals surface area contributed by atoms with Gasteiger partial charge in [-0.25, -0.2) is 4.98 Å². The Bertz CT molecular complexity index is 1160. The maximum Gasteiger partial charge on any atom is 0.298 e. The Morgan fingerprint density at radius 3 is 2.83 bits per heavy atom. The summed E-state index contributed by atoms with van der Waals surface area (Å²) in [6, 6.07) is 12.7. The molecule has 0 aliphatic carbocycles. The molecule has 0 amide bonds. The number of para-hydroxylation sites is 1. The second-order valence-corrected chi connectivity index (χ2v) is 6.04. The average molecular weight is 357 g/mol. The third-order valence-electron chi connectivity index (χ3n) is 3.68. The van der Waals surface area contributed by atoms with Gasteiger partial charge in [0.25, 0.3) is 5.56 Å². The van der Waals surface area contributed by atoms with Crippen LogP contribution >= 0.6 is 23.2 Å². The summed E-state index contributed by atoms with van der Waals surface area (Å²) in [6.45, 7) is 0. The van der Waals surface area contributed by atoms with Crippen molar-refractivity contribution in [1.29, 1.82) is 0 Å². The van der Waals surface area contributed by atoms with Crippen molar-refractivity contribution in [1.82, 2.24) is 14.6 Å². The van der Waals surface area contributed by atoms with Gasteiger partial charge in [0.1, 0.15) is 17.4 Å². The van der Waals surface area contributed by atoms with Crippen molar-refractivity contribution in [2.45, 2.75) is 0 Å². The van der Waals surface area contributed by atoms with Crippen LogP contribution in [0.1, 0.15) is 5.56 Å². The Balaban J connectivity index is 1.82. The Hall–Kier alpha value is -2.63. The predicted molar refractivity (Wildman–Crippen MR) is 97.3 cm³/mol. The first kappa shape index (κ1) is 14.9. The quantitative estimate of drug-likeness (QED) is 0.550. The minimum absolute atomic E-state index is 0.280. The number of nitrogens with zero attached hydrogens (tertiary/aromatic N) is 3. The first-order chi connectivity index (χ1) is 11.6. The van der Waals surface area contributed by atoms with Crippen LogP contribution in [0.2, 0.25) is 10.0 Å². The Morgan fingerprint density at radius 1 is 1.17 bits per heavy atom. The summed E-state index contributed by atoms with van der Waals surface area (Å²) in [5.74, 6) is 0. The van der Waals surface area contributed by atoms with Crippen LogP contribution in [0.25, 0.3) is 21.9 Å². The molecule has 0 unspecified atom stereocenters. The summed E-state index contributed by atoms with van der Waals surface area (Å²) in [7, 11) is 0. The van der Waals surface area contributed by atoms with Gasteiger partial charge in [0, 0.05) is 21.5 Å². The van der Waals surface area contributed by atoms with Crippen LogP contribution in [0.4, 0.5) is 0 Å². The first-order valence-electron chi connectivity index (χ1n) is 7.11. The normalized spacial score (nSPS) is 11.8. The third-order valence-corrected chi connectivity index (χ3v) is 4.24. The molecule has 2 heterocycles. The average Bonchev–Trinajstić information content (AvgIpc) is 2.95. The van der Waals surface area contributed by atoms with E-state index in [9.17, 15) is 4.79 Å². The number of H-pyrrole nitrogens is 1. The summed E-state index contributed by atoms with van der Waals surface area (Å²) in [4.78, 5) is 20.0. The van der Waals surface area contributed by atoms with Crippen LogP contribution in [-0.4, -0.2) is 20.9 Å². The molecular formula is C17H10Cl2N4O. The fourth-order valence-electron chi connectivity index (χ4n) is 2.51. The maximum absolute atomic E-state index is 12.6. The highest BCUT2D eigenvalue weighted by Crippen LogP contribution is 2.21. The lowest BCUT2D eigenvalue weighted by atomic mass is 10.2. The molecule has 4 rings (SSSR count). The molecule has 2 aromatic carbocycles. The summed E-state index contributed by atoms with van der Waals surface area (Å²) in [5.41, 5.74) is 2.28. The molecule has 7 heteroatoms. The SMILES string of the molecule is O=c1c2[nH]c3ccccc3c2ncn1/N=C/c1ccc(Cl)cc1Cl. The van der Waals surface area contributed by atoms with E-state index in [1.807, 2.05) is 24.3 Å². The number of hydrogen-bond donors (Lipinski definition) is 1. The zero-order valence-corrected chi connectivity index (χ0v) is 13.7. The molecule has 1 N–H and O–H groups in total. The van der Waals surface area contributed by atoms with E-state index < -0.39 is 0 Å². The van der Waals surface area contributed by atoms with E-state index in [2.05, 4.69) is 15.1 Å². The standard InChI is InChI=1S/C17H10Cl2N4O/c18-11-6-5-10(13(19)7-11)8-21-23-9-20-15-12-3-1-2-4-14(12)22-16(15)17(23)24/h1-9,22H/b21-8+. The van der Waals surface area contributed by atoms with Gasteiger partial charge in [-0.2, -0.15) is 9.78 Å². The lowest BCUT2D eigenvalue weighted by Gasteiger charge is -2.00. The van der Waals surface area contributed by atoms with Crippen LogP contribution in [0.15, 0.2) is 58.7 Å². The third kappa shape index (κ3) is 2.48. The van der Waals surface area contributed by atoms with Crippen LogP contribution in [0.3, 0.4) is 0 Å². The summed E-state index contributed by atoms with van der Waals surface area (Å²) < 4.78 is 1.17. The van der Waals surface area contributed by atoms with Crippen LogP contribution in [0.5, 0.6) is 0 Å². The number of rotatable bonds is 2. The lowest BCUT2D eigenvalue weighted by Crippen LogP contribution is -2.17. The Morgan fingerprint density at radius 2 is 2.00 bits per heavy atom. The largest absolute Gasteiger partial charge is 0.349 e. The molecule has 5 nitrogen and oxygen atoms in total. The predicted octanol–water partition coefficient (Wildman–Crippen LogP) is 4.07. The zero-order chi connectivity index (χ0) is 16.7. The number of fused-ring (bicyclic) bond motifs is 3. The van der Waals surface area contributed by atoms with Crippen LogP contribution in [0, 0.1) is 0 Å². The minimum Gasteiger partial charge on any atom is -0.349 e. The van der Waals surface area contributed by atoms with Gasteiger partial charge in [-0.15, -0.1) is 0 Å². The molecule has 0 saturated heterocycles. The molecule has 0 bridgehead atoms. The molecule has 4 aromatic rings. The van der Waals surface area contributed by atoms with Gasteiger partial charge in [0.2, 0.25) is 0 Å². The second-order valence-electron chi connectivity index (χ2n) is 5.20. The number of benzene rings is 2. The van der Waals surface area contributed by atoms with Gasteiger partial charge in [-0.05, 0) is 18.2 Å². The van der Waals surface area contributed by atoms with Crippen molar-refractivity contribution in [3.05, 3.63) is 74.8 Å². The fourth-order valence-corrected chi connectivity index (χ4v) is 2.97. The van der Waals surface area contributed by atoms with E-state index in [0.29, 0.717) is 26.6 Å². The van der Waals surface area contributed by atoms with Gasteiger partial charge in [0.15, 0.2) is 0 Å². The van der Waals surface area contributed by atoms with Crippen molar-refractivity contribution in [3.8, 4) is 0 Å². The van der Waals surface area contributed by atoms with E-state index in [1.54, 1.807) is 18.2 Å². The van der Waals surface area contributed by atoms with Crippen LogP contribution < -0.4 is 5.56 Å². The molecule has 0 saturated carbocycles. The van der Waals surface area contributed by atoms with Gasteiger partial charge in [-0.1, -0.05) is 47.5 Å². The number of nitrogens with one attached hydrogen (secondary N) is 1. The molecule has 24 heavy (non-hydrogen) atoms. The molecular weight excluding hydrogens is 347 g/mol. The number of aromatic nitrogens is 3. The molecule has 0 fully saturated rings. The number of hydrogen-bond acceptors (Lipinski definition) is 3. The van der Waals surface area contributed by atoms with Crippen molar-refractivity contribution in [2.75, 3.05) is 0 Å². The molecule has 118 valence electrons. The van der Waals surface area contributed by atoms with Gasteiger partial charge in [-0.3, -0.25) is 4.79 Å². The monoisotopic (exact) mass is 356 g/mol. The van der Waals surface area contributed by atoms with Crippen molar-refractivity contribution in [2.24, 2.45) is 5.10 Å². The van der Waals surface area contributed by atoms with Crippen molar-refractivity contribution in [3.63, 3.8) is 0 Å². The minimum atomic E-state index is -0.280. The number of aromatic amines is 1. The lowest BCUT2D eigenvalue weighted by molar-refractivity contribution is 0.815. The van der Waals surface area contributed by atoms with E-state index in [4.69, 9.17) is 23.2 Å². The smallest absolute Gasteiger partial charge is 0.298 e. The summed E-state index contributed by atoms with van der Waals surface area (Å²) >= 11 is 12.0. The first-order valence-corrected chi connectivity index (χ1v) is 7.86. The van der Waals surface area contributed by atoms with Crippen LogP contribution in [-0.2, 0) is 0 Å². The van der Waals surface area contributed by atoms with Gasteiger partial charge < -0.3 is 4.98 Å². The highest BCUT2D eigenvalue weighted by molar-refractivity contribution is 6.36. The Labute approximate surface area is 146 Å². The second kappa shape index (κ2) is 5.78. The summed E-state index contributed by atoms with van der Waals surface area (Å²) in [6.07, 6.45) is 2.89. The molecule has 0 spiro atoms. The van der Waals surface area contributed by atoms with E-state index >= 15 is 0 Å². The van der Waals surface area contributed by atoms with E-state index in [-0.39, 0.29) is 5.56 Å². The molecule has 0 aliphatic rings. The van der Waals surface area contributed by atoms with Crippen molar-refractivity contribution >= 4 is 51.4 Å². The fraction of sp³-hybridized carbons (Fsp3) is 0. The highest BCUT2D eigenvalue weighted by atomic mass is 35.5. The van der Waals surface area contributed by atoms with E-state index in [0.717, 1.165) is 10.9 Å². The molecule has 0 radical (unpaired) electrons. The molecule has 0 atom stereocenters. The maximum atomic E-state index is 12.6. The molecule has 0 aliphatic heterocycles. The number of halogens is 2. The molecule has 2 aromatic heterocycles. The van der Waals surface area contributed by atoms with Crippen molar-refractivity contribution < 1.29 is 0 Å². The zero-order valence-electron chi connectivity index (χ0n) is 12.2. The van der Waals surface area contributed by atoms with Gasteiger partial charge >= 0.3 is 0 Å².